The lowest BCUT2D eigenvalue weighted by molar-refractivity contribution is -0.246. The van der Waals surface area contributed by atoms with Crippen LogP contribution in [0.5, 0.6) is 0 Å². The summed E-state index contributed by atoms with van der Waals surface area (Å²) in [5.41, 5.74) is 1.79. The van der Waals surface area contributed by atoms with Crippen LogP contribution < -0.4 is 10.6 Å². The molecule has 0 spiro atoms. The molecule has 0 aromatic carbocycles. The molecule has 43 heavy (non-hydrogen) atoms. The second kappa shape index (κ2) is 11.8. The Morgan fingerprint density at radius 3 is 2.07 bits per heavy atom. The number of aliphatic hydroxyl groups excluding tert-OH is 1. The van der Waals surface area contributed by atoms with Crippen molar-refractivity contribution in [2.75, 3.05) is 13.1 Å². The highest BCUT2D eigenvalue weighted by Gasteiger charge is 2.71. The largest absolute Gasteiger partial charge is 0.393 e. The fraction of sp³-hybridized carbons (Fsp3) is 0.895. The van der Waals surface area contributed by atoms with Crippen LogP contribution in [0.25, 0.3) is 0 Å². The number of hydrogen-bond donors (Lipinski definition) is 3. The van der Waals surface area contributed by atoms with Crippen LogP contribution in [0.4, 0.5) is 0 Å². The van der Waals surface area contributed by atoms with Gasteiger partial charge in [-0.1, -0.05) is 59.6 Å². The number of carbonyl (C=O) groups excluding carboxylic acids is 2. The summed E-state index contributed by atoms with van der Waals surface area (Å²) in [7, 11) is 0. The number of carbonyl (C=O) groups is 2. The summed E-state index contributed by atoms with van der Waals surface area (Å²) in [6.45, 7) is 22.4. The Hall–Kier alpha value is -1.36. The highest BCUT2D eigenvalue weighted by atomic mass is 16.3. The molecule has 0 aliphatic heterocycles. The number of unbranched alkanes of at least 4 members (excludes halogenated alkanes) is 3. The molecule has 5 aliphatic carbocycles. The SMILES string of the molecule is C=C(C)[C@@H]1CC[C@]2(C(=O)NCCCCCCNC(C)=O)CC[C@]3(C)[C@H](CC[C@@H]4[C@@]5(C)CC[C@H](O)C(C)(C)[C@@H]5CC[C@]43C)[C@@H]12. The Labute approximate surface area is 263 Å². The molecule has 0 radical (unpaired) electrons. The molecule has 0 bridgehead atoms. The second-order valence-corrected chi connectivity index (χ2v) is 17.4. The molecule has 0 saturated heterocycles. The van der Waals surface area contributed by atoms with Crippen LogP contribution in [0.2, 0.25) is 0 Å². The van der Waals surface area contributed by atoms with E-state index in [2.05, 4.69) is 58.8 Å². The van der Waals surface area contributed by atoms with Crippen molar-refractivity contribution in [2.45, 2.75) is 144 Å². The van der Waals surface area contributed by atoms with Crippen LogP contribution in [0.1, 0.15) is 138 Å². The third kappa shape index (κ3) is 5.14. The Kier molecular flexibility index (Phi) is 9.04. The number of amides is 2. The van der Waals surface area contributed by atoms with E-state index in [0.29, 0.717) is 35.5 Å². The lowest BCUT2D eigenvalue weighted by Crippen LogP contribution is -2.67. The smallest absolute Gasteiger partial charge is 0.226 e. The molecule has 5 nitrogen and oxygen atoms in total. The molecule has 5 fully saturated rings. The minimum Gasteiger partial charge on any atom is -0.393 e. The fourth-order valence-corrected chi connectivity index (χ4v) is 12.8. The predicted octanol–water partition coefficient (Wildman–Crippen LogP) is 7.82. The summed E-state index contributed by atoms with van der Waals surface area (Å²) >= 11 is 0. The number of hydrogen-bond acceptors (Lipinski definition) is 3. The first-order chi connectivity index (χ1) is 20.1. The monoisotopic (exact) mass is 596 g/mol. The average Bonchev–Trinajstić information content (AvgIpc) is 3.34. The molecule has 5 aliphatic rings. The van der Waals surface area contributed by atoms with Crippen LogP contribution in [0, 0.1) is 56.7 Å². The van der Waals surface area contributed by atoms with Crippen molar-refractivity contribution < 1.29 is 14.7 Å². The summed E-state index contributed by atoms with van der Waals surface area (Å²) < 4.78 is 0. The highest BCUT2D eigenvalue weighted by molar-refractivity contribution is 5.84. The molecule has 5 saturated carbocycles. The van der Waals surface area contributed by atoms with Crippen molar-refractivity contribution in [1.82, 2.24) is 10.6 Å². The molecule has 2 amide bonds. The second-order valence-electron chi connectivity index (χ2n) is 17.4. The van der Waals surface area contributed by atoms with Gasteiger partial charge in [-0.05, 0) is 135 Å². The summed E-state index contributed by atoms with van der Waals surface area (Å²) in [6, 6.07) is 0. The van der Waals surface area contributed by atoms with E-state index in [4.69, 9.17) is 0 Å². The zero-order chi connectivity index (χ0) is 31.4. The van der Waals surface area contributed by atoms with Gasteiger partial charge in [0.05, 0.1) is 11.5 Å². The van der Waals surface area contributed by atoms with Gasteiger partial charge in [0.25, 0.3) is 0 Å². The van der Waals surface area contributed by atoms with Gasteiger partial charge in [0.1, 0.15) is 0 Å². The van der Waals surface area contributed by atoms with Gasteiger partial charge in [-0.3, -0.25) is 9.59 Å². The number of rotatable bonds is 9. The highest BCUT2D eigenvalue weighted by Crippen LogP contribution is 2.77. The van der Waals surface area contributed by atoms with Crippen molar-refractivity contribution in [3.8, 4) is 0 Å². The van der Waals surface area contributed by atoms with Gasteiger partial charge in [0.2, 0.25) is 11.8 Å². The molecular weight excluding hydrogens is 532 g/mol. The number of nitrogens with one attached hydrogen (secondary N) is 2. The van der Waals surface area contributed by atoms with Gasteiger partial charge >= 0.3 is 0 Å². The van der Waals surface area contributed by atoms with Gasteiger partial charge in [-0.2, -0.15) is 0 Å². The zero-order valence-corrected chi connectivity index (χ0v) is 28.7. The number of aliphatic hydroxyl groups is 1. The third-order valence-corrected chi connectivity index (χ3v) is 15.3. The Morgan fingerprint density at radius 1 is 0.744 bits per heavy atom. The van der Waals surface area contributed by atoms with Gasteiger partial charge in [-0.25, -0.2) is 0 Å². The summed E-state index contributed by atoms with van der Waals surface area (Å²) in [6.07, 6.45) is 15.3. The zero-order valence-electron chi connectivity index (χ0n) is 28.7. The summed E-state index contributed by atoms with van der Waals surface area (Å²) in [5.74, 6) is 3.03. The van der Waals surface area contributed by atoms with Crippen molar-refractivity contribution in [2.24, 2.45) is 56.7 Å². The summed E-state index contributed by atoms with van der Waals surface area (Å²) in [4.78, 5) is 25.3. The van der Waals surface area contributed by atoms with E-state index in [-0.39, 0.29) is 39.1 Å². The molecule has 0 aromatic heterocycles. The Balaban J connectivity index is 1.34. The maximum absolute atomic E-state index is 14.3. The molecule has 0 unspecified atom stereocenters. The van der Waals surface area contributed by atoms with Gasteiger partial charge in [0, 0.05) is 20.0 Å². The Bertz CT molecular complexity index is 1090. The van der Waals surface area contributed by atoms with Gasteiger partial charge in [0.15, 0.2) is 0 Å². The van der Waals surface area contributed by atoms with Crippen LogP contribution >= 0.6 is 0 Å². The quantitative estimate of drug-likeness (QED) is 0.188. The normalized spacial score (nSPS) is 44.7. The predicted molar refractivity (Wildman–Crippen MR) is 175 cm³/mol. The van der Waals surface area contributed by atoms with Crippen LogP contribution in [-0.4, -0.2) is 36.1 Å². The molecule has 3 N–H and O–H groups in total. The first-order valence-electron chi connectivity index (χ1n) is 18.0. The van der Waals surface area contributed by atoms with E-state index < -0.39 is 0 Å². The topological polar surface area (TPSA) is 78.4 Å². The number of allylic oxidation sites excluding steroid dienone is 1. The maximum Gasteiger partial charge on any atom is 0.226 e. The maximum atomic E-state index is 14.3. The average molecular weight is 597 g/mol. The van der Waals surface area contributed by atoms with Crippen LogP contribution in [0.15, 0.2) is 12.2 Å². The van der Waals surface area contributed by atoms with Crippen LogP contribution in [-0.2, 0) is 9.59 Å². The van der Waals surface area contributed by atoms with Gasteiger partial charge in [-0.15, -0.1) is 0 Å². The van der Waals surface area contributed by atoms with Crippen molar-refractivity contribution >= 4 is 11.8 Å². The van der Waals surface area contributed by atoms with Gasteiger partial charge < -0.3 is 15.7 Å². The first-order valence-corrected chi connectivity index (χ1v) is 18.0. The standard InChI is InChI=1S/C38H64N2O3/c1-25(2)27-15-20-38(33(43)40-24-12-10-9-11-23-39-26(3)41)22-21-36(7)28(32(27)38)13-14-30-35(6)18-17-31(42)34(4,5)29(35)16-19-37(30,36)8/h27-32,42H,1,9-24H2,2-8H3,(H,39,41)(H,40,43)/t27-,28+,29-,30+,31-,32+,35-,36+,37+,38-/m0/s1. The first kappa shape index (κ1) is 33.0. The van der Waals surface area contributed by atoms with Crippen molar-refractivity contribution in [3.63, 3.8) is 0 Å². The summed E-state index contributed by atoms with van der Waals surface area (Å²) in [5, 5.41) is 17.4. The molecular formula is C38H64N2O3. The van der Waals surface area contributed by atoms with E-state index in [0.717, 1.165) is 77.3 Å². The third-order valence-electron chi connectivity index (χ3n) is 15.3. The molecule has 0 aromatic rings. The van der Waals surface area contributed by atoms with Crippen LogP contribution in [0.3, 0.4) is 0 Å². The van der Waals surface area contributed by atoms with Crippen molar-refractivity contribution in [1.29, 1.82) is 0 Å². The van der Waals surface area contributed by atoms with Crippen molar-refractivity contribution in [3.05, 3.63) is 12.2 Å². The lowest BCUT2D eigenvalue weighted by Gasteiger charge is -2.72. The lowest BCUT2D eigenvalue weighted by atomic mass is 9.32. The fourth-order valence-electron chi connectivity index (χ4n) is 12.8. The molecule has 244 valence electrons. The molecule has 5 rings (SSSR count). The Morgan fingerprint density at radius 2 is 1.42 bits per heavy atom. The minimum atomic E-state index is -0.250. The van der Waals surface area contributed by atoms with E-state index in [1.54, 1.807) is 6.92 Å². The number of fused-ring (bicyclic) bond motifs is 7. The minimum absolute atomic E-state index is 0.0200. The van der Waals surface area contributed by atoms with E-state index in [1.807, 2.05) is 0 Å². The van der Waals surface area contributed by atoms with E-state index in [1.165, 1.54) is 31.3 Å². The van der Waals surface area contributed by atoms with E-state index >= 15 is 0 Å². The molecule has 10 atom stereocenters. The molecule has 5 heteroatoms. The molecule has 0 heterocycles. The van der Waals surface area contributed by atoms with E-state index in [9.17, 15) is 14.7 Å².